The third-order valence-electron chi connectivity index (χ3n) is 2.95. The van der Waals surface area contributed by atoms with E-state index in [2.05, 4.69) is 13.8 Å². The molecule has 0 aliphatic carbocycles. The molecule has 1 saturated heterocycles. The molecule has 0 aromatic rings. The van der Waals surface area contributed by atoms with Crippen molar-refractivity contribution in [1.29, 1.82) is 0 Å². The highest BCUT2D eigenvalue weighted by Gasteiger charge is 2.22. The molecule has 0 radical (unpaired) electrons. The van der Waals surface area contributed by atoms with Crippen LogP contribution in [0.15, 0.2) is 0 Å². The maximum absolute atomic E-state index is 11.8. The molecule has 0 unspecified atom stereocenters. The van der Waals surface area contributed by atoms with Gasteiger partial charge in [-0.1, -0.05) is 13.8 Å². The standard InChI is InChI=1S/C12H23NO2/c1-10(2)8-12(14)13-6-4-11(5-7-13)9-15-3/h10-11H,4-9H2,1-3H3. The summed E-state index contributed by atoms with van der Waals surface area (Å²) in [5.41, 5.74) is 0. The van der Waals surface area contributed by atoms with Gasteiger partial charge in [-0.05, 0) is 24.7 Å². The highest BCUT2D eigenvalue weighted by molar-refractivity contribution is 5.76. The predicted octanol–water partition coefficient (Wildman–Crippen LogP) is 1.92. The fourth-order valence-corrected chi connectivity index (χ4v) is 2.06. The van der Waals surface area contributed by atoms with Crippen molar-refractivity contribution in [2.75, 3.05) is 26.8 Å². The predicted molar refractivity (Wildman–Crippen MR) is 60.6 cm³/mol. The lowest BCUT2D eigenvalue weighted by Gasteiger charge is -2.32. The molecule has 0 aromatic heterocycles. The fourth-order valence-electron chi connectivity index (χ4n) is 2.06. The largest absolute Gasteiger partial charge is 0.384 e. The van der Waals surface area contributed by atoms with Crippen LogP contribution in [0.2, 0.25) is 0 Å². The Kier molecular flexibility index (Phi) is 5.09. The second-order valence-electron chi connectivity index (χ2n) is 4.88. The van der Waals surface area contributed by atoms with Crippen LogP contribution < -0.4 is 0 Å². The van der Waals surface area contributed by atoms with E-state index in [9.17, 15) is 4.79 Å². The average molecular weight is 213 g/mol. The van der Waals surface area contributed by atoms with Gasteiger partial charge in [0, 0.05) is 33.2 Å². The first-order valence-corrected chi connectivity index (χ1v) is 5.90. The summed E-state index contributed by atoms with van der Waals surface area (Å²) in [7, 11) is 1.75. The van der Waals surface area contributed by atoms with Crippen LogP contribution in [0.4, 0.5) is 0 Å². The molecule has 1 aliphatic heterocycles. The molecular weight excluding hydrogens is 190 g/mol. The molecule has 0 aromatic carbocycles. The van der Waals surface area contributed by atoms with E-state index in [0.717, 1.165) is 32.5 Å². The number of rotatable bonds is 4. The van der Waals surface area contributed by atoms with Crippen molar-refractivity contribution in [3.05, 3.63) is 0 Å². The minimum absolute atomic E-state index is 0.320. The van der Waals surface area contributed by atoms with E-state index in [1.165, 1.54) is 0 Å². The Morgan fingerprint density at radius 2 is 2.00 bits per heavy atom. The van der Waals surface area contributed by atoms with E-state index < -0.39 is 0 Å². The van der Waals surface area contributed by atoms with Crippen LogP contribution in [-0.4, -0.2) is 37.6 Å². The molecule has 0 atom stereocenters. The Morgan fingerprint density at radius 1 is 1.40 bits per heavy atom. The number of methoxy groups -OCH3 is 1. The molecule has 1 amide bonds. The summed E-state index contributed by atoms with van der Waals surface area (Å²) in [6.07, 6.45) is 2.88. The van der Waals surface area contributed by atoms with Crippen LogP contribution in [0.1, 0.15) is 33.1 Å². The van der Waals surface area contributed by atoms with Gasteiger partial charge in [-0.3, -0.25) is 4.79 Å². The van der Waals surface area contributed by atoms with Crippen LogP contribution >= 0.6 is 0 Å². The smallest absolute Gasteiger partial charge is 0.222 e. The maximum Gasteiger partial charge on any atom is 0.222 e. The van der Waals surface area contributed by atoms with Crippen molar-refractivity contribution in [3.63, 3.8) is 0 Å². The van der Waals surface area contributed by atoms with Gasteiger partial charge in [-0.15, -0.1) is 0 Å². The van der Waals surface area contributed by atoms with Gasteiger partial charge in [-0.2, -0.15) is 0 Å². The van der Waals surface area contributed by atoms with Crippen molar-refractivity contribution < 1.29 is 9.53 Å². The molecule has 15 heavy (non-hydrogen) atoms. The first kappa shape index (κ1) is 12.5. The summed E-state index contributed by atoms with van der Waals surface area (Å²) in [4.78, 5) is 13.8. The van der Waals surface area contributed by atoms with Gasteiger partial charge in [0.2, 0.25) is 5.91 Å². The van der Waals surface area contributed by atoms with Crippen molar-refractivity contribution in [3.8, 4) is 0 Å². The zero-order valence-corrected chi connectivity index (χ0v) is 10.2. The molecule has 88 valence electrons. The number of hydrogen-bond acceptors (Lipinski definition) is 2. The third kappa shape index (κ3) is 4.20. The lowest BCUT2D eigenvalue weighted by atomic mass is 9.97. The SMILES string of the molecule is COCC1CCN(C(=O)CC(C)C)CC1. The number of hydrogen-bond donors (Lipinski definition) is 0. The second-order valence-corrected chi connectivity index (χ2v) is 4.88. The molecule has 0 spiro atoms. The lowest BCUT2D eigenvalue weighted by molar-refractivity contribution is -0.133. The molecule has 1 aliphatic rings. The summed E-state index contributed by atoms with van der Waals surface area (Å²) < 4.78 is 5.14. The van der Waals surface area contributed by atoms with E-state index in [1.807, 2.05) is 4.90 Å². The van der Waals surface area contributed by atoms with Crippen molar-refractivity contribution in [2.24, 2.45) is 11.8 Å². The van der Waals surface area contributed by atoms with Crippen LogP contribution in [0, 0.1) is 11.8 Å². The quantitative estimate of drug-likeness (QED) is 0.714. The number of carbonyl (C=O) groups excluding carboxylic acids is 1. The summed E-state index contributed by atoms with van der Waals surface area (Å²) in [5, 5.41) is 0. The van der Waals surface area contributed by atoms with Gasteiger partial charge in [-0.25, -0.2) is 0 Å². The van der Waals surface area contributed by atoms with Gasteiger partial charge in [0.05, 0.1) is 0 Å². The van der Waals surface area contributed by atoms with Crippen LogP contribution in [0.3, 0.4) is 0 Å². The molecule has 1 fully saturated rings. The molecule has 0 N–H and O–H groups in total. The molecule has 3 nitrogen and oxygen atoms in total. The van der Waals surface area contributed by atoms with E-state index in [4.69, 9.17) is 4.74 Å². The lowest BCUT2D eigenvalue weighted by Crippen LogP contribution is -2.39. The first-order chi connectivity index (χ1) is 7.13. The molecule has 3 heteroatoms. The fraction of sp³-hybridized carbons (Fsp3) is 0.917. The molecule has 1 rings (SSSR count). The first-order valence-electron chi connectivity index (χ1n) is 5.90. The van der Waals surface area contributed by atoms with Crippen molar-refractivity contribution in [1.82, 2.24) is 4.90 Å². The zero-order valence-electron chi connectivity index (χ0n) is 10.2. The zero-order chi connectivity index (χ0) is 11.3. The Labute approximate surface area is 92.8 Å². The Balaban J connectivity index is 2.27. The Morgan fingerprint density at radius 3 is 2.47 bits per heavy atom. The second kappa shape index (κ2) is 6.11. The normalized spacial score (nSPS) is 18.5. The van der Waals surface area contributed by atoms with Crippen LogP contribution in [0.5, 0.6) is 0 Å². The molecule has 0 bridgehead atoms. The highest BCUT2D eigenvalue weighted by atomic mass is 16.5. The molecule has 1 heterocycles. The highest BCUT2D eigenvalue weighted by Crippen LogP contribution is 2.18. The number of nitrogens with zero attached hydrogens (tertiary/aromatic N) is 1. The van der Waals surface area contributed by atoms with Crippen molar-refractivity contribution >= 4 is 5.91 Å². The topological polar surface area (TPSA) is 29.5 Å². The molecule has 0 saturated carbocycles. The monoisotopic (exact) mass is 213 g/mol. The van der Waals surface area contributed by atoms with E-state index >= 15 is 0 Å². The summed E-state index contributed by atoms with van der Waals surface area (Å²) in [6, 6.07) is 0. The van der Waals surface area contributed by atoms with Gasteiger partial charge >= 0.3 is 0 Å². The van der Waals surface area contributed by atoms with E-state index in [-0.39, 0.29) is 0 Å². The van der Waals surface area contributed by atoms with Crippen LogP contribution in [-0.2, 0) is 9.53 Å². The van der Waals surface area contributed by atoms with Crippen LogP contribution in [0.25, 0.3) is 0 Å². The minimum atomic E-state index is 0.320. The van der Waals surface area contributed by atoms with Gasteiger partial charge in [0.15, 0.2) is 0 Å². The summed E-state index contributed by atoms with van der Waals surface area (Å²) >= 11 is 0. The van der Waals surface area contributed by atoms with Crippen molar-refractivity contribution in [2.45, 2.75) is 33.1 Å². The van der Waals surface area contributed by atoms with E-state index in [1.54, 1.807) is 7.11 Å². The summed E-state index contributed by atoms with van der Waals surface area (Å²) in [6.45, 7) is 6.86. The third-order valence-corrected chi connectivity index (χ3v) is 2.95. The summed E-state index contributed by atoms with van der Waals surface area (Å²) in [5.74, 6) is 1.44. The average Bonchev–Trinajstić information content (AvgIpc) is 2.18. The van der Waals surface area contributed by atoms with Gasteiger partial charge in [0.25, 0.3) is 0 Å². The number of carbonyl (C=O) groups is 1. The number of piperidine rings is 1. The maximum atomic E-state index is 11.8. The van der Waals surface area contributed by atoms with E-state index in [0.29, 0.717) is 24.2 Å². The van der Waals surface area contributed by atoms with Gasteiger partial charge < -0.3 is 9.64 Å². The Hall–Kier alpha value is -0.570. The minimum Gasteiger partial charge on any atom is -0.384 e. The number of ether oxygens (including phenoxy) is 1. The Bertz CT molecular complexity index is 196. The molecular formula is C12H23NO2. The number of likely N-dealkylation sites (tertiary alicyclic amines) is 1. The number of amides is 1. The van der Waals surface area contributed by atoms with Gasteiger partial charge in [0.1, 0.15) is 0 Å².